The van der Waals surface area contributed by atoms with Gasteiger partial charge in [0.25, 0.3) is 0 Å². The smallest absolute Gasteiger partial charge is 0.213 e. The molecule has 2 heterocycles. The number of hydrogen-bond donors (Lipinski definition) is 0. The lowest BCUT2D eigenvalue weighted by atomic mass is 10.1. The lowest BCUT2D eigenvalue weighted by Gasteiger charge is -1.95. The second kappa shape index (κ2) is 3.86. The number of carbonyl (C=O) groups is 1. The molecule has 5 heteroatoms. The zero-order chi connectivity index (χ0) is 9.97. The molecule has 0 atom stereocenters. The van der Waals surface area contributed by atoms with Crippen LogP contribution in [0.3, 0.4) is 0 Å². The Morgan fingerprint density at radius 3 is 2.79 bits per heavy atom. The van der Waals surface area contributed by atoms with E-state index in [1.807, 2.05) is 0 Å². The summed E-state index contributed by atoms with van der Waals surface area (Å²) in [6.45, 7) is 0. The number of nitrogens with zero attached hydrogens (tertiary/aromatic N) is 2. The maximum atomic E-state index is 11.7. The Balaban J connectivity index is 2.33. The Morgan fingerprint density at radius 1 is 1.36 bits per heavy atom. The van der Waals surface area contributed by atoms with E-state index < -0.39 is 0 Å². The summed E-state index contributed by atoms with van der Waals surface area (Å²) < 4.78 is 3.95. The molecule has 0 aliphatic rings. The maximum Gasteiger partial charge on any atom is 0.213 e. The van der Waals surface area contributed by atoms with Crippen molar-refractivity contribution in [1.82, 2.24) is 9.36 Å². The number of carbonyl (C=O) groups excluding carboxylic acids is 1. The summed E-state index contributed by atoms with van der Waals surface area (Å²) in [5.41, 5.74) is 0.944. The third kappa shape index (κ3) is 1.81. The van der Waals surface area contributed by atoms with Gasteiger partial charge >= 0.3 is 0 Å². The molecule has 0 aliphatic heterocycles. The van der Waals surface area contributed by atoms with Gasteiger partial charge in [-0.2, -0.15) is 4.37 Å². The third-order valence-corrected chi connectivity index (χ3v) is 2.44. The van der Waals surface area contributed by atoms with Crippen LogP contribution in [0, 0.1) is 0 Å². The van der Waals surface area contributed by atoms with Gasteiger partial charge in [-0.3, -0.25) is 4.79 Å². The summed E-state index contributed by atoms with van der Waals surface area (Å²) >= 11 is 6.85. The van der Waals surface area contributed by atoms with Crippen molar-refractivity contribution < 1.29 is 4.79 Å². The summed E-state index contributed by atoms with van der Waals surface area (Å²) in [6.07, 6.45) is 1.45. The topological polar surface area (TPSA) is 42.9 Å². The highest BCUT2D eigenvalue weighted by atomic mass is 35.5. The van der Waals surface area contributed by atoms with Gasteiger partial charge in [-0.05, 0) is 29.7 Å². The zero-order valence-corrected chi connectivity index (χ0v) is 8.55. The van der Waals surface area contributed by atoms with Crippen LogP contribution in [0.4, 0.5) is 0 Å². The standard InChI is InChI=1S/C9H5ClN2OS/c10-8-2-1-6(5-11-8)9(13)7-3-4-14-12-7/h1-5H. The first-order valence-corrected chi connectivity index (χ1v) is 5.05. The molecular formula is C9H5ClN2OS. The van der Waals surface area contributed by atoms with Crippen LogP contribution in [0.2, 0.25) is 5.15 Å². The van der Waals surface area contributed by atoms with E-state index in [2.05, 4.69) is 9.36 Å². The van der Waals surface area contributed by atoms with Crippen molar-refractivity contribution in [1.29, 1.82) is 0 Å². The highest BCUT2D eigenvalue weighted by Gasteiger charge is 2.10. The second-order valence-corrected chi connectivity index (χ2v) is 3.64. The average Bonchev–Trinajstić information content (AvgIpc) is 2.71. The third-order valence-electron chi connectivity index (χ3n) is 1.66. The summed E-state index contributed by atoms with van der Waals surface area (Å²) in [7, 11) is 0. The van der Waals surface area contributed by atoms with E-state index in [0.29, 0.717) is 16.4 Å². The molecule has 2 aromatic heterocycles. The Labute approximate surface area is 89.5 Å². The molecule has 0 amide bonds. The van der Waals surface area contributed by atoms with Crippen LogP contribution in [0.15, 0.2) is 29.8 Å². The van der Waals surface area contributed by atoms with E-state index in [0.717, 1.165) is 0 Å². The minimum atomic E-state index is -0.129. The monoisotopic (exact) mass is 224 g/mol. The molecule has 2 rings (SSSR count). The SMILES string of the molecule is O=C(c1ccc(Cl)nc1)c1ccsn1. The van der Waals surface area contributed by atoms with Gasteiger partial charge in [0.1, 0.15) is 10.8 Å². The van der Waals surface area contributed by atoms with Gasteiger partial charge in [-0.1, -0.05) is 11.6 Å². The van der Waals surface area contributed by atoms with Crippen LogP contribution in [-0.2, 0) is 0 Å². The van der Waals surface area contributed by atoms with E-state index in [9.17, 15) is 4.79 Å². The number of hydrogen-bond acceptors (Lipinski definition) is 4. The molecule has 3 nitrogen and oxygen atoms in total. The fraction of sp³-hybridized carbons (Fsp3) is 0. The van der Waals surface area contributed by atoms with Crippen LogP contribution in [0.25, 0.3) is 0 Å². The Hall–Kier alpha value is -1.26. The molecule has 0 N–H and O–H groups in total. The number of ketones is 1. The van der Waals surface area contributed by atoms with Crippen molar-refractivity contribution in [3.63, 3.8) is 0 Å². The zero-order valence-electron chi connectivity index (χ0n) is 6.98. The van der Waals surface area contributed by atoms with Gasteiger partial charge in [0.15, 0.2) is 0 Å². The van der Waals surface area contributed by atoms with Crippen molar-refractivity contribution in [2.75, 3.05) is 0 Å². The molecule has 0 bridgehead atoms. The molecule has 70 valence electrons. The van der Waals surface area contributed by atoms with Gasteiger partial charge in [0.05, 0.1) is 0 Å². The van der Waals surface area contributed by atoms with Gasteiger partial charge < -0.3 is 0 Å². The van der Waals surface area contributed by atoms with Crippen molar-refractivity contribution in [2.45, 2.75) is 0 Å². The van der Waals surface area contributed by atoms with Crippen molar-refractivity contribution in [3.05, 3.63) is 46.2 Å². The Morgan fingerprint density at radius 2 is 2.21 bits per heavy atom. The van der Waals surface area contributed by atoms with E-state index in [-0.39, 0.29) is 5.78 Å². The van der Waals surface area contributed by atoms with Crippen LogP contribution >= 0.6 is 23.1 Å². The van der Waals surface area contributed by atoms with E-state index in [4.69, 9.17) is 11.6 Å². The molecule has 0 saturated heterocycles. The molecular weight excluding hydrogens is 220 g/mol. The number of pyridine rings is 1. The molecule has 2 aromatic rings. The fourth-order valence-electron chi connectivity index (χ4n) is 0.988. The van der Waals surface area contributed by atoms with Gasteiger partial charge in [-0.15, -0.1) is 0 Å². The summed E-state index contributed by atoms with van der Waals surface area (Å²) in [5.74, 6) is -0.129. The molecule has 0 radical (unpaired) electrons. The first kappa shape index (κ1) is 9.30. The second-order valence-electron chi connectivity index (χ2n) is 2.58. The molecule has 0 aliphatic carbocycles. The summed E-state index contributed by atoms with van der Waals surface area (Å²) in [6, 6.07) is 4.90. The molecule has 0 saturated carbocycles. The summed E-state index contributed by atoms with van der Waals surface area (Å²) in [5, 5.41) is 2.14. The lowest BCUT2D eigenvalue weighted by molar-refractivity contribution is 0.103. The Bertz CT molecular complexity index is 438. The van der Waals surface area contributed by atoms with E-state index in [1.165, 1.54) is 17.7 Å². The van der Waals surface area contributed by atoms with E-state index in [1.54, 1.807) is 23.6 Å². The minimum Gasteiger partial charge on any atom is -0.287 e. The van der Waals surface area contributed by atoms with Crippen molar-refractivity contribution in [3.8, 4) is 0 Å². The predicted octanol–water partition coefficient (Wildman–Crippen LogP) is 2.42. The van der Waals surface area contributed by atoms with Crippen LogP contribution in [-0.4, -0.2) is 15.1 Å². The normalized spacial score (nSPS) is 10.1. The van der Waals surface area contributed by atoms with Crippen LogP contribution in [0.1, 0.15) is 16.1 Å². The highest BCUT2D eigenvalue weighted by molar-refractivity contribution is 7.03. The van der Waals surface area contributed by atoms with Gasteiger partial charge in [0, 0.05) is 17.1 Å². The number of aromatic nitrogens is 2. The first-order valence-electron chi connectivity index (χ1n) is 3.84. The van der Waals surface area contributed by atoms with Crippen molar-refractivity contribution in [2.24, 2.45) is 0 Å². The van der Waals surface area contributed by atoms with E-state index >= 15 is 0 Å². The lowest BCUT2D eigenvalue weighted by Crippen LogP contribution is -2.01. The fourth-order valence-corrected chi connectivity index (χ4v) is 1.61. The number of halogens is 1. The highest BCUT2D eigenvalue weighted by Crippen LogP contribution is 2.10. The van der Waals surface area contributed by atoms with Gasteiger partial charge in [-0.25, -0.2) is 4.98 Å². The predicted molar refractivity (Wildman–Crippen MR) is 54.8 cm³/mol. The maximum absolute atomic E-state index is 11.7. The van der Waals surface area contributed by atoms with Gasteiger partial charge in [0.2, 0.25) is 5.78 Å². The molecule has 0 fully saturated rings. The largest absolute Gasteiger partial charge is 0.287 e. The van der Waals surface area contributed by atoms with Crippen molar-refractivity contribution >= 4 is 28.9 Å². The molecule has 0 unspecified atom stereocenters. The Kier molecular flexibility index (Phi) is 2.56. The first-order chi connectivity index (χ1) is 6.77. The molecule has 0 aromatic carbocycles. The average molecular weight is 225 g/mol. The number of rotatable bonds is 2. The van der Waals surface area contributed by atoms with Crippen LogP contribution in [0.5, 0.6) is 0 Å². The molecule has 14 heavy (non-hydrogen) atoms. The van der Waals surface area contributed by atoms with Crippen LogP contribution < -0.4 is 0 Å². The summed E-state index contributed by atoms with van der Waals surface area (Å²) in [4.78, 5) is 15.5. The minimum absolute atomic E-state index is 0.129. The quantitative estimate of drug-likeness (QED) is 0.581. The molecule has 0 spiro atoms.